The highest BCUT2D eigenvalue weighted by molar-refractivity contribution is 7.23. The van der Waals surface area contributed by atoms with Crippen LogP contribution in [0.5, 0.6) is 0 Å². The first-order chi connectivity index (χ1) is 12.1. The van der Waals surface area contributed by atoms with Crippen molar-refractivity contribution < 1.29 is 8.78 Å². The Morgan fingerprint density at radius 1 is 0.840 bits per heavy atom. The minimum Gasteiger partial charge on any atom is -0.394 e. The van der Waals surface area contributed by atoms with E-state index in [1.165, 1.54) is 47.6 Å². The minimum atomic E-state index is -0.713. The number of unbranched alkanes of at least 4 members (excludes halogenated alkanes) is 3. The van der Waals surface area contributed by atoms with Crippen molar-refractivity contribution in [2.45, 2.75) is 39.0 Å². The van der Waals surface area contributed by atoms with Crippen LogP contribution in [-0.2, 0) is 6.42 Å². The summed E-state index contributed by atoms with van der Waals surface area (Å²) in [5, 5.41) is 0. The van der Waals surface area contributed by atoms with Crippen molar-refractivity contribution in [1.82, 2.24) is 0 Å². The molecule has 3 aromatic rings. The maximum Gasteiger partial charge on any atom is 0.149 e. The number of anilines is 1. The van der Waals surface area contributed by atoms with Crippen LogP contribution in [0.25, 0.3) is 20.2 Å². The Kier molecular flexibility index (Phi) is 5.86. The van der Waals surface area contributed by atoms with Gasteiger partial charge in [-0.15, -0.1) is 22.7 Å². The van der Waals surface area contributed by atoms with Crippen molar-refractivity contribution in [2.75, 3.05) is 5.73 Å². The molecule has 1 aromatic carbocycles. The summed E-state index contributed by atoms with van der Waals surface area (Å²) in [5.74, 6) is -1.43. The average molecular weight is 378 g/mol. The number of nitrogens with two attached hydrogens (primary N) is 1. The molecule has 2 N–H and O–H groups in total. The van der Waals surface area contributed by atoms with E-state index in [9.17, 15) is 8.78 Å². The zero-order valence-electron chi connectivity index (χ0n) is 14.1. The third kappa shape index (κ3) is 4.28. The van der Waals surface area contributed by atoms with E-state index >= 15 is 0 Å². The van der Waals surface area contributed by atoms with Crippen LogP contribution in [0.3, 0.4) is 0 Å². The van der Waals surface area contributed by atoms with Crippen molar-refractivity contribution in [3.05, 3.63) is 52.9 Å². The molecule has 0 fully saturated rings. The van der Waals surface area contributed by atoms with Gasteiger partial charge >= 0.3 is 0 Å². The van der Waals surface area contributed by atoms with Gasteiger partial charge in [-0.1, -0.05) is 26.2 Å². The van der Waals surface area contributed by atoms with Gasteiger partial charge in [-0.2, -0.15) is 0 Å². The SMILES string of the molecule is CCCCCCc1ccc(-c2ccc(-c3cc(F)c(N)c(F)c3)s2)s1. The van der Waals surface area contributed by atoms with Crippen LogP contribution >= 0.6 is 22.7 Å². The van der Waals surface area contributed by atoms with Crippen molar-refractivity contribution in [2.24, 2.45) is 0 Å². The molecule has 0 atom stereocenters. The lowest BCUT2D eigenvalue weighted by atomic mass is 10.1. The molecule has 132 valence electrons. The summed E-state index contributed by atoms with van der Waals surface area (Å²) < 4.78 is 27.3. The molecular formula is C20H21F2NS2. The Balaban J connectivity index is 1.75. The number of halogens is 2. The molecule has 5 heteroatoms. The number of nitrogen functional groups attached to an aromatic ring is 1. The molecule has 0 spiro atoms. The molecule has 0 aliphatic carbocycles. The third-order valence-electron chi connectivity index (χ3n) is 4.15. The van der Waals surface area contributed by atoms with E-state index in [1.54, 1.807) is 22.7 Å². The molecule has 0 radical (unpaired) electrons. The monoisotopic (exact) mass is 377 g/mol. The van der Waals surface area contributed by atoms with Crippen molar-refractivity contribution in [3.8, 4) is 20.2 Å². The predicted octanol–water partition coefficient (Wildman–Crippen LogP) is 7.13. The van der Waals surface area contributed by atoms with Crippen molar-refractivity contribution in [1.29, 1.82) is 0 Å². The number of hydrogen-bond acceptors (Lipinski definition) is 3. The number of thiophene rings is 2. The highest BCUT2D eigenvalue weighted by Crippen LogP contribution is 2.38. The highest BCUT2D eigenvalue weighted by atomic mass is 32.1. The molecule has 2 aromatic heterocycles. The molecule has 3 rings (SSSR count). The van der Waals surface area contributed by atoms with Gasteiger partial charge in [0.15, 0.2) is 0 Å². The third-order valence-corrected chi connectivity index (χ3v) is 6.63. The second-order valence-corrected chi connectivity index (χ2v) is 8.35. The summed E-state index contributed by atoms with van der Waals surface area (Å²) in [6, 6.07) is 10.8. The fourth-order valence-corrected chi connectivity index (χ4v) is 4.86. The smallest absolute Gasteiger partial charge is 0.149 e. The lowest BCUT2D eigenvalue weighted by Gasteiger charge is -2.02. The fourth-order valence-electron chi connectivity index (χ4n) is 2.72. The lowest BCUT2D eigenvalue weighted by Crippen LogP contribution is -1.95. The van der Waals surface area contributed by atoms with Gasteiger partial charge in [0, 0.05) is 19.5 Å². The molecule has 0 amide bonds. The van der Waals surface area contributed by atoms with Gasteiger partial charge in [-0.25, -0.2) is 8.78 Å². The Hall–Kier alpha value is -1.72. The second-order valence-electron chi connectivity index (χ2n) is 6.09. The van der Waals surface area contributed by atoms with E-state index in [0.29, 0.717) is 5.56 Å². The summed E-state index contributed by atoms with van der Waals surface area (Å²) in [6.45, 7) is 2.22. The predicted molar refractivity (Wildman–Crippen MR) is 105 cm³/mol. The zero-order valence-corrected chi connectivity index (χ0v) is 15.8. The molecule has 1 nitrogen and oxygen atoms in total. The molecule has 0 saturated carbocycles. The van der Waals surface area contributed by atoms with Gasteiger partial charge in [0.2, 0.25) is 0 Å². The molecule has 25 heavy (non-hydrogen) atoms. The molecule has 0 unspecified atom stereocenters. The summed E-state index contributed by atoms with van der Waals surface area (Å²) in [5.41, 5.74) is 5.44. The first-order valence-electron chi connectivity index (χ1n) is 8.52. The Bertz CT molecular complexity index is 828. The number of rotatable bonds is 7. The van der Waals surface area contributed by atoms with E-state index in [0.717, 1.165) is 16.2 Å². The molecular weight excluding hydrogens is 356 g/mol. The summed E-state index contributed by atoms with van der Waals surface area (Å²) in [7, 11) is 0. The van der Waals surface area contributed by atoms with E-state index < -0.39 is 17.3 Å². The minimum absolute atomic E-state index is 0.425. The van der Waals surface area contributed by atoms with Crippen LogP contribution in [0.15, 0.2) is 36.4 Å². The standard InChI is InChI=1S/C20H21F2NS2/c1-2-3-4-5-6-14-7-8-18(24-14)19-10-9-17(25-19)13-11-15(21)20(23)16(22)12-13/h7-12H,2-6,23H2,1H3. The molecule has 0 bridgehead atoms. The normalized spacial score (nSPS) is 11.2. The average Bonchev–Trinajstić information content (AvgIpc) is 3.25. The zero-order chi connectivity index (χ0) is 17.8. The largest absolute Gasteiger partial charge is 0.394 e. The number of aryl methyl sites for hydroxylation is 1. The fraction of sp³-hybridized carbons (Fsp3) is 0.300. The van der Waals surface area contributed by atoms with Gasteiger partial charge in [-0.3, -0.25) is 0 Å². The maximum atomic E-state index is 13.7. The quantitative estimate of drug-likeness (QED) is 0.344. The first-order valence-corrected chi connectivity index (χ1v) is 10.2. The van der Waals surface area contributed by atoms with Crippen molar-refractivity contribution >= 4 is 28.4 Å². The summed E-state index contributed by atoms with van der Waals surface area (Å²) in [6.07, 6.45) is 6.17. The molecule has 0 aliphatic rings. The Labute approximate surface area is 155 Å². The van der Waals surface area contributed by atoms with E-state index in [2.05, 4.69) is 19.1 Å². The first kappa shape index (κ1) is 18.1. The van der Waals surface area contributed by atoms with Crippen LogP contribution in [0.4, 0.5) is 14.5 Å². The number of hydrogen-bond donors (Lipinski definition) is 1. The second kappa shape index (κ2) is 8.11. The van der Waals surface area contributed by atoms with Crippen molar-refractivity contribution in [3.63, 3.8) is 0 Å². The maximum absolute atomic E-state index is 13.7. The van der Waals surface area contributed by atoms with E-state index in [-0.39, 0.29) is 0 Å². The Morgan fingerprint density at radius 3 is 2.20 bits per heavy atom. The van der Waals surface area contributed by atoms with Crippen LogP contribution < -0.4 is 5.73 Å². The van der Waals surface area contributed by atoms with Gasteiger partial charge in [0.05, 0.1) is 0 Å². The lowest BCUT2D eigenvalue weighted by molar-refractivity contribution is 0.592. The van der Waals surface area contributed by atoms with E-state index in [1.807, 2.05) is 12.1 Å². The van der Waals surface area contributed by atoms with Gasteiger partial charge in [-0.05, 0) is 54.8 Å². The van der Waals surface area contributed by atoms with Crippen LogP contribution in [-0.4, -0.2) is 0 Å². The topological polar surface area (TPSA) is 26.0 Å². The van der Waals surface area contributed by atoms with Gasteiger partial charge in [0.25, 0.3) is 0 Å². The van der Waals surface area contributed by atoms with E-state index in [4.69, 9.17) is 5.73 Å². The summed E-state index contributed by atoms with van der Waals surface area (Å²) in [4.78, 5) is 4.56. The molecule has 2 heterocycles. The van der Waals surface area contributed by atoms with Crippen LogP contribution in [0.2, 0.25) is 0 Å². The van der Waals surface area contributed by atoms with Crippen LogP contribution in [0.1, 0.15) is 37.5 Å². The Morgan fingerprint density at radius 2 is 1.48 bits per heavy atom. The highest BCUT2D eigenvalue weighted by Gasteiger charge is 2.12. The number of benzene rings is 1. The summed E-state index contributed by atoms with van der Waals surface area (Å²) >= 11 is 3.35. The molecule has 0 aliphatic heterocycles. The molecule has 0 saturated heterocycles. The van der Waals surface area contributed by atoms with Gasteiger partial charge in [0.1, 0.15) is 17.3 Å². The van der Waals surface area contributed by atoms with Gasteiger partial charge < -0.3 is 5.73 Å². The van der Waals surface area contributed by atoms with Crippen LogP contribution in [0, 0.1) is 11.6 Å².